The van der Waals surface area contributed by atoms with E-state index in [2.05, 4.69) is 22.1 Å². The molecule has 0 bridgehead atoms. The van der Waals surface area contributed by atoms with Crippen LogP contribution >= 0.6 is 11.3 Å². The number of carbonyl (C=O) groups excluding carboxylic acids is 2. The average Bonchev–Trinajstić information content (AvgIpc) is 3.21. The summed E-state index contributed by atoms with van der Waals surface area (Å²) in [6.45, 7) is 0. The molecule has 0 atom stereocenters. The van der Waals surface area contributed by atoms with Crippen LogP contribution in [0.4, 0.5) is 5.69 Å². The summed E-state index contributed by atoms with van der Waals surface area (Å²) in [5.41, 5.74) is 1.74. The first-order chi connectivity index (χ1) is 11.7. The number of benzene rings is 1. The largest absolute Gasteiger partial charge is 0.353 e. The van der Waals surface area contributed by atoms with E-state index in [0.29, 0.717) is 18.9 Å². The molecule has 5 heteroatoms. The lowest BCUT2D eigenvalue weighted by atomic mass is 10.1. The molecule has 1 aromatic heterocycles. The first kappa shape index (κ1) is 16.7. The summed E-state index contributed by atoms with van der Waals surface area (Å²) in [4.78, 5) is 25.0. The number of anilines is 1. The van der Waals surface area contributed by atoms with Crippen molar-refractivity contribution in [3.8, 4) is 0 Å². The summed E-state index contributed by atoms with van der Waals surface area (Å²) >= 11 is 1.73. The molecule has 1 fully saturated rings. The van der Waals surface area contributed by atoms with Crippen LogP contribution in [0.3, 0.4) is 0 Å². The Morgan fingerprint density at radius 2 is 1.88 bits per heavy atom. The number of rotatable bonds is 8. The number of hydrogen-bond donors (Lipinski definition) is 2. The van der Waals surface area contributed by atoms with Gasteiger partial charge in [0.15, 0.2) is 0 Å². The van der Waals surface area contributed by atoms with Crippen LogP contribution in [-0.4, -0.2) is 17.9 Å². The Morgan fingerprint density at radius 3 is 2.54 bits per heavy atom. The van der Waals surface area contributed by atoms with Crippen molar-refractivity contribution in [3.05, 3.63) is 52.2 Å². The molecule has 4 nitrogen and oxygen atoms in total. The summed E-state index contributed by atoms with van der Waals surface area (Å²) in [7, 11) is 0. The van der Waals surface area contributed by atoms with Crippen LogP contribution in [0.1, 0.15) is 36.1 Å². The van der Waals surface area contributed by atoms with Crippen molar-refractivity contribution in [2.75, 3.05) is 5.32 Å². The minimum atomic E-state index is 0.0331. The molecule has 2 amide bonds. The van der Waals surface area contributed by atoms with Crippen LogP contribution in [-0.2, 0) is 22.4 Å². The van der Waals surface area contributed by atoms with Gasteiger partial charge in [-0.1, -0.05) is 18.2 Å². The third kappa shape index (κ3) is 5.49. The van der Waals surface area contributed by atoms with E-state index in [1.807, 2.05) is 30.3 Å². The highest BCUT2D eigenvalue weighted by Crippen LogP contribution is 2.19. The van der Waals surface area contributed by atoms with Gasteiger partial charge in [0, 0.05) is 23.0 Å². The minimum Gasteiger partial charge on any atom is -0.353 e. The molecular weight excluding hydrogens is 320 g/mol. The number of hydrogen-bond acceptors (Lipinski definition) is 3. The van der Waals surface area contributed by atoms with E-state index >= 15 is 0 Å². The maximum atomic E-state index is 12.0. The Kier molecular flexibility index (Phi) is 5.64. The fourth-order valence-corrected chi connectivity index (χ4v) is 3.25. The monoisotopic (exact) mass is 342 g/mol. The van der Waals surface area contributed by atoms with Gasteiger partial charge in [-0.2, -0.15) is 0 Å². The minimum absolute atomic E-state index is 0.0331. The molecule has 1 saturated carbocycles. The second-order valence-corrected chi connectivity index (χ2v) is 7.23. The third-order valence-corrected chi connectivity index (χ3v) is 4.89. The highest BCUT2D eigenvalue weighted by atomic mass is 32.1. The second-order valence-electron chi connectivity index (χ2n) is 6.20. The third-order valence-electron chi connectivity index (χ3n) is 3.95. The molecule has 0 unspecified atom stereocenters. The maximum absolute atomic E-state index is 12.0. The van der Waals surface area contributed by atoms with Crippen molar-refractivity contribution < 1.29 is 9.59 Å². The van der Waals surface area contributed by atoms with Gasteiger partial charge in [-0.15, -0.1) is 11.3 Å². The normalized spacial score (nSPS) is 13.5. The Hall–Kier alpha value is -2.14. The Bertz CT molecular complexity index is 676. The standard InChI is InChI=1S/C19H22N2O2S/c22-18(5-1-3-17-4-2-12-24-17)20-15-8-6-14(7-9-15)13-19(23)21-16-10-11-16/h2,4,6-9,12,16H,1,3,5,10-11,13H2,(H,20,22)(H,21,23). The number of carbonyl (C=O) groups is 2. The molecule has 126 valence electrons. The van der Waals surface area contributed by atoms with Gasteiger partial charge >= 0.3 is 0 Å². The predicted molar refractivity (Wildman–Crippen MR) is 97.2 cm³/mol. The van der Waals surface area contributed by atoms with Gasteiger partial charge in [-0.25, -0.2) is 0 Å². The van der Waals surface area contributed by atoms with Gasteiger partial charge in [-0.05, 0) is 54.8 Å². The van der Waals surface area contributed by atoms with Crippen molar-refractivity contribution >= 4 is 28.8 Å². The van der Waals surface area contributed by atoms with Crippen LogP contribution in [0.5, 0.6) is 0 Å². The maximum Gasteiger partial charge on any atom is 0.224 e. The number of nitrogens with one attached hydrogen (secondary N) is 2. The molecule has 3 rings (SSSR count). The molecule has 0 aliphatic heterocycles. The smallest absolute Gasteiger partial charge is 0.224 e. The molecule has 1 aliphatic carbocycles. The van der Waals surface area contributed by atoms with Gasteiger partial charge in [0.1, 0.15) is 0 Å². The van der Waals surface area contributed by atoms with E-state index in [4.69, 9.17) is 0 Å². The first-order valence-electron chi connectivity index (χ1n) is 8.39. The lowest BCUT2D eigenvalue weighted by Crippen LogP contribution is -2.26. The zero-order valence-corrected chi connectivity index (χ0v) is 14.4. The zero-order valence-electron chi connectivity index (χ0n) is 13.6. The number of thiophene rings is 1. The van der Waals surface area contributed by atoms with Crippen molar-refractivity contribution in [1.29, 1.82) is 0 Å². The lowest BCUT2D eigenvalue weighted by molar-refractivity contribution is -0.120. The van der Waals surface area contributed by atoms with Crippen molar-refractivity contribution in [2.45, 2.75) is 44.6 Å². The molecule has 24 heavy (non-hydrogen) atoms. The lowest BCUT2D eigenvalue weighted by Gasteiger charge is -2.07. The summed E-state index contributed by atoms with van der Waals surface area (Å²) in [6, 6.07) is 12.0. The van der Waals surface area contributed by atoms with Gasteiger partial charge in [0.25, 0.3) is 0 Å². The van der Waals surface area contributed by atoms with Crippen LogP contribution < -0.4 is 10.6 Å². The molecular formula is C19H22N2O2S. The van der Waals surface area contributed by atoms with E-state index in [0.717, 1.165) is 36.9 Å². The fraction of sp³-hybridized carbons (Fsp3) is 0.368. The quantitative estimate of drug-likeness (QED) is 0.771. The van der Waals surface area contributed by atoms with E-state index in [9.17, 15) is 9.59 Å². The second kappa shape index (κ2) is 8.11. The Morgan fingerprint density at radius 1 is 1.08 bits per heavy atom. The molecule has 1 heterocycles. The van der Waals surface area contributed by atoms with Gasteiger partial charge in [-0.3, -0.25) is 9.59 Å². The molecule has 0 radical (unpaired) electrons. The summed E-state index contributed by atoms with van der Waals surface area (Å²) in [5, 5.41) is 7.94. The summed E-state index contributed by atoms with van der Waals surface area (Å²) < 4.78 is 0. The molecule has 1 aliphatic rings. The van der Waals surface area contributed by atoms with Crippen molar-refractivity contribution in [2.24, 2.45) is 0 Å². The molecule has 0 spiro atoms. The van der Waals surface area contributed by atoms with Crippen molar-refractivity contribution in [3.63, 3.8) is 0 Å². The molecule has 0 saturated heterocycles. The predicted octanol–water partition coefficient (Wildman–Crippen LogP) is 3.53. The van der Waals surface area contributed by atoms with Gasteiger partial charge in [0.05, 0.1) is 6.42 Å². The van der Waals surface area contributed by atoms with Crippen LogP contribution in [0.2, 0.25) is 0 Å². The highest BCUT2D eigenvalue weighted by molar-refractivity contribution is 7.09. The fourth-order valence-electron chi connectivity index (χ4n) is 2.50. The zero-order chi connectivity index (χ0) is 16.8. The number of aryl methyl sites for hydroxylation is 1. The topological polar surface area (TPSA) is 58.2 Å². The van der Waals surface area contributed by atoms with Crippen molar-refractivity contribution in [1.82, 2.24) is 5.32 Å². The SMILES string of the molecule is O=C(CCCc1cccs1)Nc1ccc(CC(=O)NC2CC2)cc1. The Balaban J connectivity index is 1.39. The van der Waals surface area contributed by atoms with Crippen LogP contribution in [0.25, 0.3) is 0 Å². The van der Waals surface area contributed by atoms with E-state index in [1.54, 1.807) is 11.3 Å². The Labute approximate surface area is 146 Å². The first-order valence-corrected chi connectivity index (χ1v) is 9.27. The molecule has 2 N–H and O–H groups in total. The summed E-state index contributed by atoms with van der Waals surface area (Å²) in [6.07, 6.45) is 4.91. The molecule has 1 aromatic carbocycles. The highest BCUT2D eigenvalue weighted by Gasteiger charge is 2.22. The van der Waals surface area contributed by atoms with Crippen LogP contribution in [0, 0.1) is 0 Å². The summed E-state index contributed by atoms with van der Waals surface area (Å²) in [5.74, 6) is 0.105. The molecule has 2 aromatic rings. The average molecular weight is 342 g/mol. The van der Waals surface area contributed by atoms with Crippen LogP contribution in [0.15, 0.2) is 41.8 Å². The van der Waals surface area contributed by atoms with Gasteiger partial charge < -0.3 is 10.6 Å². The van der Waals surface area contributed by atoms with E-state index < -0.39 is 0 Å². The number of amides is 2. The van der Waals surface area contributed by atoms with Gasteiger partial charge in [0.2, 0.25) is 11.8 Å². The van der Waals surface area contributed by atoms with E-state index in [1.165, 1.54) is 4.88 Å². The van der Waals surface area contributed by atoms with E-state index in [-0.39, 0.29) is 11.8 Å².